The van der Waals surface area contributed by atoms with Crippen LogP contribution in [0.3, 0.4) is 0 Å². The normalized spacial score (nSPS) is 10.7. The number of fused-ring (bicyclic) bond motifs is 1. The summed E-state index contributed by atoms with van der Waals surface area (Å²) in [6.45, 7) is 0. The van der Waals surface area contributed by atoms with Crippen LogP contribution in [0.25, 0.3) is 10.1 Å². The number of carbonyl (C=O) groups is 1. The lowest BCUT2D eigenvalue weighted by Crippen LogP contribution is -1.88. The molecule has 0 fully saturated rings. The Labute approximate surface area is 88.9 Å². The summed E-state index contributed by atoms with van der Waals surface area (Å²) in [7, 11) is 0. The van der Waals surface area contributed by atoms with Crippen LogP contribution in [0.1, 0.15) is 10.4 Å². The molecule has 0 aliphatic heterocycles. The average molecular weight is 226 g/mol. The molecular formula is C10H7FOS2. The molecule has 0 radical (unpaired) electrons. The van der Waals surface area contributed by atoms with E-state index >= 15 is 0 Å². The summed E-state index contributed by atoms with van der Waals surface area (Å²) in [5.41, 5.74) is 0.601. The standard InChI is InChI=1S/C10H7FOS2/c1-13-9-4-8(11)6-2-3-14-10(6)7(9)5-12/h2-5H,1H3. The van der Waals surface area contributed by atoms with Gasteiger partial charge in [0, 0.05) is 20.5 Å². The summed E-state index contributed by atoms with van der Waals surface area (Å²) >= 11 is 2.79. The predicted octanol–water partition coefficient (Wildman–Crippen LogP) is 3.57. The maximum atomic E-state index is 13.5. The second-order valence-corrected chi connectivity index (χ2v) is 4.52. The number of halogens is 1. The van der Waals surface area contributed by atoms with E-state index in [1.54, 1.807) is 11.4 Å². The lowest BCUT2D eigenvalue weighted by molar-refractivity contribution is 0.112. The van der Waals surface area contributed by atoms with Crippen molar-refractivity contribution in [3.63, 3.8) is 0 Å². The number of hydrogen-bond donors (Lipinski definition) is 0. The van der Waals surface area contributed by atoms with Gasteiger partial charge in [0.05, 0.1) is 0 Å². The molecule has 4 heteroatoms. The Balaban J connectivity index is 2.88. The molecule has 0 atom stereocenters. The van der Waals surface area contributed by atoms with Crippen molar-refractivity contribution in [2.45, 2.75) is 4.90 Å². The number of thiophene rings is 1. The molecule has 1 aromatic heterocycles. The summed E-state index contributed by atoms with van der Waals surface area (Å²) in [4.78, 5) is 11.6. The number of thioether (sulfide) groups is 1. The largest absolute Gasteiger partial charge is 0.298 e. The Morgan fingerprint density at radius 2 is 2.36 bits per heavy atom. The minimum atomic E-state index is -0.254. The molecule has 1 nitrogen and oxygen atoms in total. The Hall–Kier alpha value is -0.870. The van der Waals surface area contributed by atoms with Gasteiger partial charge in [0.1, 0.15) is 5.82 Å². The van der Waals surface area contributed by atoms with Crippen LogP contribution in [-0.4, -0.2) is 12.5 Å². The third-order valence-corrected chi connectivity index (χ3v) is 3.75. The molecule has 0 bridgehead atoms. The minimum Gasteiger partial charge on any atom is -0.298 e. The van der Waals surface area contributed by atoms with E-state index in [0.29, 0.717) is 15.8 Å². The van der Waals surface area contributed by atoms with Crippen molar-refractivity contribution in [1.82, 2.24) is 0 Å². The molecule has 0 spiro atoms. The SMILES string of the molecule is CSc1cc(F)c2ccsc2c1C=O. The van der Waals surface area contributed by atoms with Crippen molar-refractivity contribution >= 4 is 39.5 Å². The average Bonchev–Trinajstić information content (AvgIpc) is 2.66. The number of hydrogen-bond acceptors (Lipinski definition) is 3. The molecular weight excluding hydrogens is 219 g/mol. The molecule has 14 heavy (non-hydrogen) atoms. The van der Waals surface area contributed by atoms with Crippen molar-refractivity contribution in [3.05, 3.63) is 28.9 Å². The minimum absolute atomic E-state index is 0.254. The van der Waals surface area contributed by atoms with Gasteiger partial charge in [-0.05, 0) is 23.8 Å². The van der Waals surface area contributed by atoms with E-state index in [2.05, 4.69) is 0 Å². The van der Waals surface area contributed by atoms with E-state index in [0.717, 1.165) is 11.0 Å². The van der Waals surface area contributed by atoms with E-state index < -0.39 is 0 Å². The van der Waals surface area contributed by atoms with E-state index in [4.69, 9.17) is 0 Å². The van der Waals surface area contributed by atoms with Crippen molar-refractivity contribution in [2.75, 3.05) is 6.26 Å². The van der Waals surface area contributed by atoms with Crippen LogP contribution >= 0.6 is 23.1 Å². The molecule has 0 unspecified atom stereocenters. The maximum Gasteiger partial charge on any atom is 0.152 e. The van der Waals surface area contributed by atoms with Gasteiger partial charge in [0.25, 0.3) is 0 Å². The number of aldehydes is 1. The molecule has 1 heterocycles. The Morgan fingerprint density at radius 1 is 1.57 bits per heavy atom. The van der Waals surface area contributed by atoms with Crippen LogP contribution in [-0.2, 0) is 0 Å². The topological polar surface area (TPSA) is 17.1 Å². The number of benzene rings is 1. The highest BCUT2D eigenvalue weighted by Crippen LogP contribution is 2.32. The van der Waals surface area contributed by atoms with Crippen LogP contribution in [0.4, 0.5) is 4.39 Å². The lowest BCUT2D eigenvalue weighted by Gasteiger charge is -2.03. The van der Waals surface area contributed by atoms with Gasteiger partial charge in [0.2, 0.25) is 0 Å². The van der Waals surface area contributed by atoms with Crippen LogP contribution in [0.5, 0.6) is 0 Å². The van der Waals surface area contributed by atoms with Crippen LogP contribution in [0.15, 0.2) is 22.4 Å². The quantitative estimate of drug-likeness (QED) is 0.575. The molecule has 2 aromatic rings. The van der Waals surface area contributed by atoms with Crippen molar-refractivity contribution < 1.29 is 9.18 Å². The maximum absolute atomic E-state index is 13.5. The predicted molar refractivity (Wildman–Crippen MR) is 59.0 cm³/mol. The van der Waals surface area contributed by atoms with Gasteiger partial charge < -0.3 is 0 Å². The molecule has 0 aliphatic carbocycles. The smallest absolute Gasteiger partial charge is 0.152 e. The third-order valence-electron chi connectivity index (χ3n) is 2.03. The first-order chi connectivity index (χ1) is 6.77. The fourth-order valence-corrected chi connectivity index (χ4v) is 2.94. The molecule has 2 rings (SSSR count). The first kappa shape index (κ1) is 9.68. The first-order valence-electron chi connectivity index (χ1n) is 3.96. The summed E-state index contributed by atoms with van der Waals surface area (Å²) < 4.78 is 14.2. The molecule has 0 saturated heterocycles. The summed E-state index contributed by atoms with van der Waals surface area (Å²) in [6, 6.07) is 3.12. The molecule has 1 aromatic carbocycles. The van der Waals surface area contributed by atoms with Gasteiger partial charge in [-0.2, -0.15) is 0 Å². The van der Waals surface area contributed by atoms with Crippen molar-refractivity contribution in [2.24, 2.45) is 0 Å². The zero-order chi connectivity index (χ0) is 10.1. The van der Waals surface area contributed by atoms with Gasteiger partial charge in [-0.3, -0.25) is 4.79 Å². The molecule has 0 N–H and O–H groups in total. The number of rotatable bonds is 2. The summed E-state index contributed by atoms with van der Waals surface area (Å²) in [5, 5.41) is 2.33. The second-order valence-electron chi connectivity index (χ2n) is 2.76. The van der Waals surface area contributed by atoms with Crippen LogP contribution in [0, 0.1) is 5.82 Å². The highest BCUT2D eigenvalue weighted by Gasteiger charge is 2.11. The van der Waals surface area contributed by atoms with Crippen molar-refractivity contribution in [3.8, 4) is 0 Å². The molecule has 0 saturated carbocycles. The zero-order valence-corrected chi connectivity index (χ0v) is 9.05. The van der Waals surface area contributed by atoms with E-state index in [9.17, 15) is 9.18 Å². The fraction of sp³-hybridized carbons (Fsp3) is 0.100. The van der Waals surface area contributed by atoms with Crippen LogP contribution < -0.4 is 0 Å². The second kappa shape index (κ2) is 3.71. The van der Waals surface area contributed by atoms with Crippen molar-refractivity contribution in [1.29, 1.82) is 0 Å². The summed E-state index contributed by atoms with van der Waals surface area (Å²) in [6.07, 6.45) is 2.63. The monoisotopic (exact) mass is 226 g/mol. The van der Waals surface area contributed by atoms with Crippen LogP contribution in [0.2, 0.25) is 0 Å². The Kier molecular flexibility index (Phi) is 2.56. The van der Waals surface area contributed by atoms with Gasteiger partial charge in [-0.15, -0.1) is 23.1 Å². The van der Waals surface area contributed by atoms with Gasteiger partial charge in [-0.1, -0.05) is 0 Å². The lowest BCUT2D eigenvalue weighted by atomic mass is 10.2. The fourth-order valence-electron chi connectivity index (χ4n) is 1.37. The molecule has 0 aliphatic rings. The number of carbonyl (C=O) groups excluding carboxylic acids is 1. The van der Waals surface area contributed by atoms with Gasteiger partial charge >= 0.3 is 0 Å². The van der Waals surface area contributed by atoms with E-state index in [1.165, 1.54) is 29.2 Å². The molecule has 72 valence electrons. The first-order valence-corrected chi connectivity index (χ1v) is 6.07. The van der Waals surface area contributed by atoms with E-state index in [-0.39, 0.29) is 5.82 Å². The van der Waals surface area contributed by atoms with Gasteiger partial charge in [-0.25, -0.2) is 4.39 Å². The Morgan fingerprint density at radius 3 is 3.00 bits per heavy atom. The Bertz CT molecular complexity index is 490. The summed E-state index contributed by atoms with van der Waals surface area (Å²) in [5.74, 6) is -0.254. The highest BCUT2D eigenvalue weighted by atomic mass is 32.2. The highest BCUT2D eigenvalue weighted by molar-refractivity contribution is 7.98. The zero-order valence-electron chi connectivity index (χ0n) is 7.41. The van der Waals surface area contributed by atoms with Gasteiger partial charge in [0.15, 0.2) is 6.29 Å². The van der Waals surface area contributed by atoms with E-state index in [1.807, 2.05) is 6.26 Å². The third kappa shape index (κ3) is 1.35. The molecule has 0 amide bonds.